The predicted molar refractivity (Wildman–Crippen MR) is 88.0 cm³/mol. The lowest BCUT2D eigenvalue weighted by Gasteiger charge is -1.96. The van der Waals surface area contributed by atoms with Crippen LogP contribution in [0.2, 0.25) is 5.02 Å². The van der Waals surface area contributed by atoms with Crippen molar-refractivity contribution in [1.82, 2.24) is 9.97 Å². The second kappa shape index (κ2) is 9.05. The maximum atomic E-state index is 11.1. The Hall–Kier alpha value is -2.21. The lowest BCUT2D eigenvalue weighted by Crippen LogP contribution is -2.04. The first kappa shape index (κ1) is 18.8. The molecule has 0 atom stereocenters. The fourth-order valence-electron chi connectivity index (χ4n) is 1.68. The first-order chi connectivity index (χ1) is 10.9. The van der Waals surface area contributed by atoms with Gasteiger partial charge in [0.2, 0.25) is 0 Å². The summed E-state index contributed by atoms with van der Waals surface area (Å²) < 4.78 is 9.54. The van der Waals surface area contributed by atoms with E-state index < -0.39 is 0 Å². The second-order valence-electron chi connectivity index (χ2n) is 4.65. The van der Waals surface area contributed by atoms with Gasteiger partial charge in [-0.25, -0.2) is 9.59 Å². The van der Waals surface area contributed by atoms with E-state index in [0.717, 1.165) is 11.4 Å². The monoisotopic (exact) mass is 340 g/mol. The highest BCUT2D eigenvalue weighted by Gasteiger charge is 2.10. The minimum Gasteiger partial charge on any atom is -0.461 e. The number of hydrogen-bond acceptors (Lipinski definition) is 4. The molecule has 23 heavy (non-hydrogen) atoms. The normalized spacial score (nSPS) is 9.78. The van der Waals surface area contributed by atoms with Crippen LogP contribution in [-0.4, -0.2) is 35.1 Å². The Morgan fingerprint density at radius 3 is 1.96 bits per heavy atom. The molecule has 126 valence electrons. The molecular weight excluding hydrogens is 320 g/mol. The van der Waals surface area contributed by atoms with Crippen LogP contribution in [0, 0.1) is 13.8 Å². The van der Waals surface area contributed by atoms with Crippen molar-refractivity contribution in [2.45, 2.75) is 27.7 Å². The van der Waals surface area contributed by atoms with Gasteiger partial charge in [-0.1, -0.05) is 11.6 Å². The highest BCUT2D eigenvalue weighted by molar-refractivity contribution is 6.31. The van der Waals surface area contributed by atoms with Gasteiger partial charge in [-0.05, 0) is 45.9 Å². The van der Waals surface area contributed by atoms with Crippen molar-refractivity contribution in [2.75, 3.05) is 13.2 Å². The zero-order chi connectivity index (χ0) is 17.4. The number of aryl methyl sites for hydroxylation is 2. The third-order valence-corrected chi connectivity index (χ3v) is 3.17. The third-order valence-electron chi connectivity index (χ3n) is 2.77. The summed E-state index contributed by atoms with van der Waals surface area (Å²) in [6.07, 6.45) is 0. The molecule has 0 fully saturated rings. The van der Waals surface area contributed by atoms with Crippen molar-refractivity contribution in [3.05, 3.63) is 46.0 Å². The molecule has 0 aliphatic heterocycles. The van der Waals surface area contributed by atoms with Crippen LogP contribution in [0.4, 0.5) is 0 Å². The fraction of sp³-hybridized carbons (Fsp3) is 0.375. The molecule has 7 heteroatoms. The van der Waals surface area contributed by atoms with Crippen LogP contribution in [-0.2, 0) is 9.47 Å². The third kappa shape index (κ3) is 5.83. The first-order valence-corrected chi connectivity index (χ1v) is 7.61. The Labute approximate surface area is 140 Å². The van der Waals surface area contributed by atoms with E-state index in [0.29, 0.717) is 29.6 Å². The molecule has 0 spiro atoms. The smallest absolute Gasteiger partial charge is 0.354 e. The molecule has 2 rings (SSSR count). The van der Waals surface area contributed by atoms with Gasteiger partial charge in [-0.3, -0.25) is 0 Å². The Morgan fingerprint density at radius 2 is 1.57 bits per heavy atom. The quantitative estimate of drug-likeness (QED) is 0.832. The summed E-state index contributed by atoms with van der Waals surface area (Å²) in [6, 6.07) is 5.12. The largest absolute Gasteiger partial charge is 0.461 e. The topological polar surface area (TPSA) is 84.2 Å². The first-order valence-electron chi connectivity index (χ1n) is 7.24. The highest BCUT2D eigenvalue weighted by Crippen LogP contribution is 2.16. The second-order valence-corrected chi connectivity index (χ2v) is 5.06. The minimum absolute atomic E-state index is 0.291. The molecule has 6 nitrogen and oxygen atoms in total. The number of carbonyl (C=O) groups excluding carboxylic acids is 2. The standard InChI is InChI=1S/C8H10ClNO2.C8H11NO2/c1-3-12-8(11)7-4-6(9)5(2)10-7;1-3-11-8(10)7-5-4-6(2)9-7/h4,10H,3H2,1-2H3;4-5,9H,3H2,1-2H3. The number of esters is 2. The number of ether oxygens (including phenoxy) is 2. The molecule has 0 bridgehead atoms. The van der Waals surface area contributed by atoms with E-state index in [9.17, 15) is 9.59 Å². The highest BCUT2D eigenvalue weighted by atomic mass is 35.5. The summed E-state index contributed by atoms with van der Waals surface area (Å²) in [5.41, 5.74) is 2.66. The molecule has 0 aromatic carbocycles. The van der Waals surface area contributed by atoms with Gasteiger partial charge in [0, 0.05) is 11.4 Å². The van der Waals surface area contributed by atoms with E-state index in [1.807, 2.05) is 13.0 Å². The van der Waals surface area contributed by atoms with Gasteiger partial charge in [0.05, 0.1) is 18.2 Å². The summed E-state index contributed by atoms with van der Waals surface area (Å²) in [6.45, 7) is 8.02. The number of rotatable bonds is 4. The van der Waals surface area contributed by atoms with Gasteiger partial charge in [0.15, 0.2) is 0 Å². The van der Waals surface area contributed by atoms with Crippen molar-refractivity contribution in [1.29, 1.82) is 0 Å². The van der Waals surface area contributed by atoms with E-state index in [1.165, 1.54) is 0 Å². The van der Waals surface area contributed by atoms with Gasteiger partial charge < -0.3 is 19.4 Å². The Balaban J connectivity index is 0.000000231. The van der Waals surface area contributed by atoms with E-state index in [1.54, 1.807) is 32.9 Å². The minimum atomic E-state index is -0.368. The van der Waals surface area contributed by atoms with E-state index in [2.05, 4.69) is 9.97 Å². The summed E-state index contributed by atoms with van der Waals surface area (Å²) in [5.74, 6) is -0.659. The molecule has 2 heterocycles. The SMILES string of the molecule is CCOC(=O)c1cc(Cl)c(C)[nH]1.CCOC(=O)c1ccc(C)[nH]1. The van der Waals surface area contributed by atoms with E-state index in [4.69, 9.17) is 21.1 Å². The number of carbonyl (C=O) groups is 2. The molecule has 0 unspecified atom stereocenters. The molecule has 2 aromatic heterocycles. The average Bonchev–Trinajstić information content (AvgIpc) is 3.07. The zero-order valence-electron chi connectivity index (χ0n) is 13.7. The Bertz CT molecular complexity index is 641. The molecule has 0 aliphatic rings. The van der Waals surface area contributed by atoms with Gasteiger partial charge in [-0.2, -0.15) is 0 Å². The molecule has 0 saturated carbocycles. The van der Waals surface area contributed by atoms with E-state index >= 15 is 0 Å². The predicted octanol–water partition coefficient (Wildman–Crippen LogP) is 3.65. The maximum absolute atomic E-state index is 11.1. The van der Waals surface area contributed by atoms with E-state index in [-0.39, 0.29) is 11.9 Å². The molecule has 0 saturated heterocycles. The summed E-state index contributed by atoms with van der Waals surface area (Å²) >= 11 is 5.73. The Kier molecular flexibility index (Phi) is 7.41. The fourth-order valence-corrected chi connectivity index (χ4v) is 1.84. The van der Waals surface area contributed by atoms with Crippen molar-refractivity contribution >= 4 is 23.5 Å². The number of hydrogen-bond donors (Lipinski definition) is 2. The average molecular weight is 341 g/mol. The molecule has 2 N–H and O–H groups in total. The van der Waals surface area contributed by atoms with Gasteiger partial charge in [-0.15, -0.1) is 0 Å². The number of aromatic nitrogens is 2. The van der Waals surface area contributed by atoms with Crippen molar-refractivity contribution in [2.24, 2.45) is 0 Å². The summed E-state index contributed by atoms with van der Waals surface area (Å²) in [5, 5.41) is 0.554. The zero-order valence-corrected chi connectivity index (χ0v) is 14.4. The molecule has 0 aliphatic carbocycles. The van der Waals surface area contributed by atoms with Crippen LogP contribution in [0.5, 0.6) is 0 Å². The van der Waals surface area contributed by atoms with Crippen LogP contribution >= 0.6 is 11.6 Å². The lowest BCUT2D eigenvalue weighted by atomic mass is 10.4. The van der Waals surface area contributed by atoms with Crippen LogP contribution in [0.15, 0.2) is 18.2 Å². The summed E-state index contributed by atoms with van der Waals surface area (Å²) in [4.78, 5) is 27.8. The molecule has 2 aromatic rings. The van der Waals surface area contributed by atoms with Crippen LogP contribution in [0.25, 0.3) is 0 Å². The number of halogens is 1. The number of nitrogens with one attached hydrogen (secondary N) is 2. The number of H-pyrrole nitrogens is 2. The molecule has 0 radical (unpaired) electrons. The van der Waals surface area contributed by atoms with Gasteiger partial charge >= 0.3 is 11.9 Å². The lowest BCUT2D eigenvalue weighted by molar-refractivity contribution is 0.0510. The van der Waals surface area contributed by atoms with Gasteiger partial charge in [0.25, 0.3) is 0 Å². The Morgan fingerprint density at radius 1 is 1.00 bits per heavy atom. The van der Waals surface area contributed by atoms with Crippen LogP contribution in [0.3, 0.4) is 0 Å². The number of aromatic amines is 2. The van der Waals surface area contributed by atoms with Crippen molar-refractivity contribution < 1.29 is 19.1 Å². The molecule has 0 amide bonds. The maximum Gasteiger partial charge on any atom is 0.354 e. The van der Waals surface area contributed by atoms with Crippen LogP contribution < -0.4 is 0 Å². The van der Waals surface area contributed by atoms with Crippen LogP contribution in [0.1, 0.15) is 46.2 Å². The summed E-state index contributed by atoms with van der Waals surface area (Å²) in [7, 11) is 0. The van der Waals surface area contributed by atoms with Gasteiger partial charge in [0.1, 0.15) is 11.4 Å². The van der Waals surface area contributed by atoms with Crippen molar-refractivity contribution in [3.8, 4) is 0 Å². The van der Waals surface area contributed by atoms with Crippen molar-refractivity contribution in [3.63, 3.8) is 0 Å². The molecular formula is C16H21ClN2O4.